The number of nitrogens with two attached hydrogens (primary N) is 1. The van der Waals surface area contributed by atoms with Gasteiger partial charge in [0, 0.05) is 28.6 Å². The van der Waals surface area contributed by atoms with Gasteiger partial charge in [-0.2, -0.15) is 0 Å². The second-order valence-corrected chi connectivity index (χ2v) is 8.17. The van der Waals surface area contributed by atoms with Crippen molar-refractivity contribution in [1.29, 1.82) is 5.41 Å². The predicted molar refractivity (Wildman–Crippen MR) is 133 cm³/mol. The van der Waals surface area contributed by atoms with Gasteiger partial charge in [-0.3, -0.25) is 5.41 Å². The smallest absolute Gasteiger partial charge is 0.335 e. The van der Waals surface area contributed by atoms with Crippen molar-refractivity contribution in [3.05, 3.63) is 88.6 Å². The average molecular weight is 458 g/mol. The number of fused-ring (bicyclic) bond motifs is 1. The lowest BCUT2D eigenvalue weighted by Gasteiger charge is -2.21. The first-order chi connectivity index (χ1) is 16.4. The summed E-state index contributed by atoms with van der Waals surface area (Å²) in [4.78, 5) is 15.1. The Bertz CT molecular complexity index is 1390. The van der Waals surface area contributed by atoms with E-state index in [0.717, 1.165) is 39.6 Å². The number of rotatable bonds is 8. The highest BCUT2D eigenvalue weighted by Crippen LogP contribution is 2.40. The van der Waals surface area contributed by atoms with Crippen molar-refractivity contribution in [3.8, 4) is 16.9 Å². The minimum Gasteiger partial charge on any atom is -0.497 e. The van der Waals surface area contributed by atoms with Gasteiger partial charge in [0.15, 0.2) is 0 Å². The monoisotopic (exact) mass is 457 g/mol. The number of aromatic amines is 1. The molecule has 3 aromatic carbocycles. The van der Waals surface area contributed by atoms with Crippen molar-refractivity contribution < 1.29 is 19.7 Å². The lowest BCUT2D eigenvalue weighted by Crippen LogP contribution is -2.10. The molecule has 34 heavy (non-hydrogen) atoms. The number of aromatic nitrogens is 1. The molecule has 6 N–H and O–H groups in total. The number of H-pyrrole nitrogens is 1. The minimum absolute atomic E-state index is 0.00711. The van der Waals surface area contributed by atoms with Gasteiger partial charge in [-0.1, -0.05) is 31.2 Å². The second-order valence-electron chi connectivity index (χ2n) is 8.17. The molecule has 1 atom stereocenters. The third kappa shape index (κ3) is 4.13. The Morgan fingerprint density at radius 3 is 2.47 bits per heavy atom. The number of aliphatic hydroxyl groups excluding tert-OH is 1. The summed E-state index contributed by atoms with van der Waals surface area (Å²) < 4.78 is 5.31. The van der Waals surface area contributed by atoms with Gasteiger partial charge in [-0.05, 0) is 64.6 Å². The normalized spacial score (nSPS) is 12.0. The fourth-order valence-electron chi connectivity index (χ4n) is 4.53. The molecule has 0 saturated heterocycles. The first-order valence-corrected chi connectivity index (χ1v) is 11.0. The number of hydrogen-bond acceptors (Lipinski definition) is 4. The zero-order valence-corrected chi connectivity index (χ0v) is 19.1. The second kappa shape index (κ2) is 9.41. The van der Waals surface area contributed by atoms with Crippen molar-refractivity contribution in [2.45, 2.75) is 25.9 Å². The summed E-state index contributed by atoms with van der Waals surface area (Å²) in [5.41, 5.74) is 11.6. The maximum Gasteiger partial charge on any atom is 0.335 e. The van der Waals surface area contributed by atoms with Crippen molar-refractivity contribution in [2.24, 2.45) is 5.73 Å². The van der Waals surface area contributed by atoms with E-state index in [0.29, 0.717) is 16.9 Å². The van der Waals surface area contributed by atoms with E-state index >= 15 is 0 Å². The van der Waals surface area contributed by atoms with Crippen LogP contribution in [0.1, 0.15) is 51.9 Å². The highest BCUT2D eigenvalue weighted by Gasteiger charge is 2.23. The van der Waals surface area contributed by atoms with Crippen LogP contribution in [-0.4, -0.2) is 34.1 Å². The number of aliphatic hydroxyl groups is 1. The highest BCUT2D eigenvalue weighted by atomic mass is 16.5. The standard InChI is InChI=1S/C27H27N3O4/c1-3-19(24-13-30-25-12-15(26(28)29)4-8-22(24)25)21-7-5-16(27(32)33)11-23(21)20-9-6-18(34-2)10-17(20)14-31/h4-13,19,30-31H,3,14H2,1-2H3,(H3,28,29)(H,32,33). The lowest BCUT2D eigenvalue weighted by molar-refractivity contribution is 0.0697. The molecule has 0 aliphatic heterocycles. The van der Waals surface area contributed by atoms with Gasteiger partial charge in [0.2, 0.25) is 0 Å². The number of benzene rings is 3. The number of carboxylic acid groups (broad SMARTS) is 1. The lowest BCUT2D eigenvalue weighted by atomic mass is 9.82. The maximum absolute atomic E-state index is 11.8. The van der Waals surface area contributed by atoms with Gasteiger partial charge in [-0.25, -0.2) is 4.79 Å². The Balaban J connectivity index is 1.93. The van der Waals surface area contributed by atoms with E-state index in [-0.39, 0.29) is 23.9 Å². The molecular formula is C27H27N3O4. The average Bonchev–Trinajstić information content (AvgIpc) is 3.27. The number of methoxy groups -OCH3 is 1. The number of ether oxygens (including phenoxy) is 1. The third-order valence-corrected chi connectivity index (χ3v) is 6.26. The van der Waals surface area contributed by atoms with Crippen LogP contribution in [-0.2, 0) is 6.61 Å². The van der Waals surface area contributed by atoms with Crippen LogP contribution in [0.2, 0.25) is 0 Å². The number of carbonyl (C=O) groups is 1. The molecule has 0 fully saturated rings. The number of amidine groups is 1. The van der Waals surface area contributed by atoms with Crippen molar-refractivity contribution >= 4 is 22.7 Å². The molecule has 0 bridgehead atoms. The van der Waals surface area contributed by atoms with Crippen LogP contribution < -0.4 is 10.5 Å². The minimum atomic E-state index is -1.01. The molecule has 4 aromatic rings. The summed E-state index contributed by atoms with van der Waals surface area (Å²) in [6.45, 7) is 1.88. The van der Waals surface area contributed by atoms with Crippen LogP contribution in [0, 0.1) is 5.41 Å². The highest BCUT2D eigenvalue weighted by molar-refractivity contribution is 5.99. The maximum atomic E-state index is 11.8. The molecule has 7 nitrogen and oxygen atoms in total. The van der Waals surface area contributed by atoms with Gasteiger partial charge in [0.1, 0.15) is 11.6 Å². The first-order valence-electron chi connectivity index (χ1n) is 11.0. The number of aromatic carboxylic acids is 1. The molecular weight excluding hydrogens is 430 g/mol. The number of carboxylic acids is 1. The summed E-state index contributed by atoms with van der Waals surface area (Å²) in [5, 5.41) is 28.4. The van der Waals surface area contributed by atoms with Crippen LogP contribution >= 0.6 is 0 Å². The molecule has 1 heterocycles. The Morgan fingerprint density at radius 1 is 1.06 bits per heavy atom. The molecule has 1 unspecified atom stereocenters. The Labute approximate surface area is 197 Å². The number of hydrogen-bond donors (Lipinski definition) is 5. The Morgan fingerprint density at radius 2 is 1.82 bits per heavy atom. The van der Waals surface area contributed by atoms with Gasteiger partial charge in [0.25, 0.3) is 0 Å². The first kappa shape index (κ1) is 23.1. The molecule has 0 radical (unpaired) electrons. The number of nitrogens with one attached hydrogen (secondary N) is 2. The largest absolute Gasteiger partial charge is 0.497 e. The quantitative estimate of drug-likeness (QED) is 0.190. The Hall–Kier alpha value is -4.10. The summed E-state index contributed by atoms with van der Waals surface area (Å²) in [6, 6.07) is 16.2. The van der Waals surface area contributed by atoms with Crippen LogP contribution in [0.3, 0.4) is 0 Å². The van der Waals surface area contributed by atoms with Crippen LogP contribution in [0.4, 0.5) is 0 Å². The van der Waals surface area contributed by atoms with E-state index in [1.165, 1.54) is 0 Å². The van der Waals surface area contributed by atoms with Gasteiger partial charge in [-0.15, -0.1) is 0 Å². The summed E-state index contributed by atoms with van der Waals surface area (Å²) in [7, 11) is 1.56. The third-order valence-electron chi connectivity index (χ3n) is 6.26. The summed E-state index contributed by atoms with van der Waals surface area (Å²) in [5.74, 6) is -0.423. The molecule has 0 spiro atoms. The van der Waals surface area contributed by atoms with Crippen LogP contribution in [0.25, 0.3) is 22.0 Å². The van der Waals surface area contributed by atoms with E-state index in [9.17, 15) is 15.0 Å². The van der Waals surface area contributed by atoms with E-state index in [2.05, 4.69) is 11.9 Å². The molecule has 7 heteroatoms. The summed E-state index contributed by atoms with van der Waals surface area (Å²) >= 11 is 0. The van der Waals surface area contributed by atoms with Crippen molar-refractivity contribution in [1.82, 2.24) is 4.98 Å². The fourth-order valence-corrected chi connectivity index (χ4v) is 4.53. The van der Waals surface area contributed by atoms with Crippen molar-refractivity contribution in [2.75, 3.05) is 7.11 Å². The van der Waals surface area contributed by atoms with Gasteiger partial charge < -0.3 is 25.7 Å². The van der Waals surface area contributed by atoms with E-state index in [1.54, 1.807) is 25.3 Å². The topological polar surface area (TPSA) is 132 Å². The molecule has 174 valence electrons. The Kier molecular flexibility index (Phi) is 6.38. The molecule has 0 aliphatic rings. The zero-order valence-electron chi connectivity index (χ0n) is 19.1. The van der Waals surface area contributed by atoms with E-state index in [1.807, 2.05) is 42.6 Å². The molecule has 0 amide bonds. The van der Waals surface area contributed by atoms with Crippen LogP contribution in [0.5, 0.6) is 5.75 Å². The zero-order chi connectivity index (χ0) is 24.4. The SMILES string of the molecule is CCC(c1ccc(C(=O)O)cc1-c1ccc(OC)cc1CO)c1c[nH]c2cc(C(=N)N)ccc12. The summed E-state index contributed by atoms with van der Waals surface area (Å²) in [6.07, 6.45) is 2.73. The predicted octanol–water partition coefficient (Wildman–Crippen LogP) is 4.86. The van der Waals surface area contributed by atoms with Crippen LogP contribution in [0.15, 0.2) is 60.8 Å². The van der Waals surface area contributed by atoms with Gasteiger partial charge >= 0.3 is 5.97 Å². The molecule has 4 rings (SSSR count). The van der Waals surface area contributed by atoms with Gasteiger partial charge in [0.05, 0.1) is 19.3 Å². The van der Waals surface area contributed by atoms with Crippen molar-refractivity contribution in [3.63, 3.8) is 0 Å². The fraction of sp³-hybridized carbons (Fsp3) is 0.185. The molecule has 0 saturated carbocycles. The number of nitrogen functional groups attached to an aromatic ring is 1. The molecule has 0 aliphatic carbocycles. The molecule has 1 aromatic heterocycles. The van der Waals surface area contributed by atoms with E-state index < -0.39 is 5.97 Å². The van der Waals surface area contributed by atoms with E-state index in [4.69, 9.17) is 15.9 Å².